The molecule has 0 radical (unpaired) electrons. The standard InChI is InChI=1S/C15H13N3O3S/c19-17-13-6-4-5-12(11-13)15-9-10-18(16-15)22(20,21)14-7-2-1-3-8-14/h1-11,17,19H. The molecule has 112 valence electrons. The van der Waals surface area contributed by atoms with Crippen LogP contribution < -0.4 is 5.48 Å². The highest BCUT2D eigenvalue weighted by Crippen LogP contribution is 2.22. The van der Waals surface area contributed by atoms with Crippen LogP contribution in [0.25, 0.3) is 11.3 Å². The van der Waals surface area contributed by atoms with E-state index in [0.29, 0.717) is 16.9 Å². The number of anilines is 1. The average molecular weight is 315 g/mol. The van der Waals surface area contributed by atoms with Crippen LogP contribution >= 0.6 is 0 Å². The number of nitrogens with zero attached hydrogens (tertiary/aromatic N) is 2. The number of rotatable bonds is 4. The smallest absolute Gasteiger partial charge is 0.282 e. The molecule has 0 amide bonds. The molecule has 1 aromatic heterocycles. The summed E-state index contributed by atoms with van der Waals surface area (Å²) in [5.74, 6) is 0. The van der Waals surface area contributed by atoms with Gasteiger partial charge in [-0.25, -0.2) is 0 Å². The molecule has 0 saturated carbocycles. The minimum absolute atomic E-state index is 0.176. The van der Waals surface area contributed by atoms with Gasteiger partial charge in [0.25, 0.3) is 10.0 Å². The van der Waals surface area contributed by atoms with Crippen LogP contribution in [-0.2, 0) is 10.0 Å². The van der Waals surface area contributed by atoms with Gasteiger partial charge in [0.15, 0.2) is 0 Å². The first-order valence-corrected chi connectivity index (χ1v) is 7.92. The van der Waals surface area contributed by atoms with Crippen molar-refractivity contribution in [3.63, 3.8) is 0 Å². The zero-order valence-electron chi connectivity index (χ0n) is 11.4. The molecule has 0 aliphatic carbocycles. The van der Waals surface area contributed by atoms with Crippen molar-refractivity contribution in [2.45, 2.75) is 4.90 Å². The fourth-order valence-electron chi connectivity index (χ4n) is 2.04. The molecule has 0 atom stereocenters. The van der Waals surface area contributed by atoms with Crippen LogP contribution in [0.2, 0.25) is 0 Å². The Hall–Kier alpha value is -2.64. The largest absolute Gasteiger partial charge is 0.291 e. The van der Waals surface area contributed by atoms with Crippen LogP contribution in [0.3, 0.4) is 0 Å². The third-order valence-electron chi connectivity index (χ3n) is 3.14. The third-order valence-corrected chi connectivity index (χ3v) is 4.70. The van der Waals surface area contributed by atoms with Gasteiger partial charge in [0, 0.05) is 11.8 Å². The molecule has 0 fully saturated rings. The Balaban J connectivity index is 2.00. The van der Waals surface area contributed by atoms with Crippen LogP contribution in [0.15, 0.2) is 71.8 Å². The second-order valence-electron chi connectivity index (χ2n) is 4.58. The number of hydrogen-bond donors (Lipinski definition) is 2. The molecule has 0 saturated heterocycles. The van der Waals surface area contributed by atoms with Crippen molar-refractivity contribution in [1.29, 1.82) is 0 Å². The summed E-state index contributed by atoms with van der Waals surface area (Å²) in [5.41, 5.74) is 3.74. The Kier molecular flexibility index (Phi) is 3.66. The molecule has 2 N–H and O–H groups in total. The van der Waals surface area contributed by atoms with Crippen molar-refractivity contribution in [3.05, 3.63) is 66.9 Å². The van der Waals surface area contributed by atoms with Gasteiger partial charge < -0.3 is 0 Å². The van der Waals surface area contributed by atoms with E-state index in [0.717, 1.165) is 4.09 Å². The zero-order valence-corrected chi connectivity index (χ0v) is 12.2. The fourth-order valence-corrected chi connectivity index (χ4v) is 3.18. The molecule has 0 spiro atoms. The SMILES string of the molecule is O=S(=O)(c1ccccc1)n1ccc(-c2cccc(NO)c2)n1. The van der Waals surface area contributed by atoms with Crippen LogP contribution in [0.5, 0.6) is 0 Å². The van der Waals surface area contributed by atoms with Gasteiger partial charge in [-0.15, -0.1) is 0 Å². The molecule has 2 aromatic carbocycles. The van der Waals surface area contributed by atoms with Crippen LogP contribution in [0.1, 0.15) is 0 Å². The first kappa shape index (κ1) is 14.3. The van der Waals surface area contributed by atoms with Crippen LogP contribution in [0, 0.1) is 0 Å². The second-order valence-corrected chi connectivity index (χ2v) is 6.38. The number of aromatic nitrogens is 2. The summed E-state index contributed by atoms with van der Waals surface area (Å²) in [6.45, 7) is 0. The molecule has 3 rings (SSSR count). The van der Waals surface area contributed by atoms with E-state index >= 15 is 0 Å². The van der Waals surface area contributed by atoms with Crippen molar-refractivity contribution in [2.24, 2.45) is 0 Å². The first-order valence-electron chi connectivity index (χ1n) is 6.48. The molecule has 6 nitrogen and oxygen atoms in total. The summed E-state index contributed by atoms with van der Waals surface area (Å²) in [7, 11) is -3.70. The maximum absolute atomic E-state index is 12.4. The first-order chi connectivity index (χ1) is 10.6. The van der Waals surface area contributed by atoms with E-state index in [2.05, 4.69) is 5.10 Å². The number of hydrogen-bond acceptors (Lipinski definition) is 5. The minimum atomic E-state index is -3.70. The average Bonchev–Trinajstić information content (AvgIpc) is 3.06. The fraction of sp³-hybridized carbons (Fsp3) is 0. The molecule has 0 aliphatic rings. The van der Waals surface area contributed by atoms with E-state index in [4.69, 9.17) is 5.21 Å². The molecule has 7 heteroatoms. The number of benzene rings is 2. The second kappa shape index (κ2) is 5.63. The quantitative estimate of drug-likeness (QED) is 0.723. The van der Waals surface area contributed by atoms with Gasteiger partial charge in [-0.2, -0.15) is 17.6 Å². The van der Waals surface area contributed by atoms with Gasteiger partial charge in [-0.05, 0) is 30.3 Å². The Labute approximate surface area is 127 Å². The Morgan fingerprint density at radius 3 is 2.50 bits per heavy atom. The molecule has 0 unspecified atom stereocenters. The van der Waals surface area contributed by atoms with Gasteiger partial charge in [0.1, 0.15) is 0 Å². The molecule has 0 bridgehead atoms. The maximum atomic E-state index is 12.4. The summed E-state index contributed by atoms with van der Waals surface area (Å²) in [6, 6.07) is 16.6. The zero-order chi connectivity index (χ0) is 15.6. The van der Waals surface area contributed by atoms with E-state index in [1.807, 2.05) is 5.48 Å². The van der Waals surface area contributed by atoms with Crippen molar-refractivity contribution < 1.29 is 13.6 Å². The van der Waals surface area contributed by atoms with Crippen molar-refractivity contribution in [3.8, 4) is 11.3 Å². The number of nitrogens with one attached hydrogen (secondary N) is 1. The van der Waals surface area contributed by atoms with Gasteiger partial charge in [-0.1, -0.05) is 30.3 Å². The lowest BCUT2D eigenvalue weighted by Gasteiger charge is -2.04. The summed E-state index contributed by atoms with van der Waals surface area (Å²) in [6.07, 6.45) is 1.40. The molecular formula is C15H13N3O3S. The van der Waals surface area contributed by atoms with Crippen LogP contribution in [-0.4, -0.2) is 22.8 Å². The summed E-state index contributed by atoms with van der Waals surface area (Å²) in [4.78, 5) is 0.176. The van der Waals surface area contributed by atoms with Gasteiger partial charge in [-0.3, -0.25) is 10.7 Å². The van der Waals surface area contributed by atoms with Gasteiger partial charge in [0.2, 0.25) is 0 Å². The highest BCUT2D eigenvalue weighted by atomic mass is 32.2. The maximum Gasteiger partial charge on any atom is 0.282 e. The van der Waals surface area contributed by atoms with Gasteiger partial charge in [0.05, 0.1) is 16.3 Å². The molecule has 0 aliphatic heterocycles. The molecule has 3 aromatic rings. The highest BCUT2D eigenvalue weighted by molar-refractivity contribution is 7.89. The predicted octanol–water partition coefficient (Wildman–Crippen LogP) is 2.59. The minimum Gasteiger partial charge on any atom is -0.291 e. The third kappa shape index (κ3) is 2.59. The van der Waals surface area contributed by atoms with Crippen molar-refractivity contribution in [1.82, 2.24) is 9.19 Å². The lowest BCUT2D eigenvalue weighted by atomic mass is 10.1. The van der Waals surface area contributed by atoms with Crippen molar-refractivity contribution in [2.75, 3.05) is 5.48 Å². The molecule has 1 heterocycles. The Morgan fingerprint density at radius 2 is 1.77 bits per heavy atom. The van der Waals surface area contributed by atoms with E-state index in [-0.39, 0.29) is 4.90 Å². The van der Waals surface area contributed by atoms with E-state index in [1.54, 1.807) is 48.5 Å². The van der Waals surface area contributed by atoms with Crippen molar-refractivity contribution >= 4 is 15.7 Å². The molecule has 22 heavy (non-hydrogen) atoms. The Bertz CT molecular complexity index is 889. The lowest BCUT2D eigenvalue weighted by Crippen LogP contribution is -2.13. The van der Waals surface area contributed by atoms with Crippen LogP contribution in [0.4, 0.5) is 5.69 Å². The Morgan fingerprint density at radius 1 is 1.00 bits per heavy atom. The highest BCUT2D eigenvalue weighted by Gasteiger charge is 2.18. The summed E-state index contributed by atoms with van der Waals surface area (Å²) in [5, 5.41) is 13.0. The molecular weight excluding hydrogens is 302 g/mol. The van der Waals surface area contributed by atoms with E-state index in [9.17, 15) is 8.42 Å². The lowest BCUT2D eigenvalue weighted by molar-refractivity contribution is 0.389. The topological polar surface area (TPSA) is 84.2 Å². The summed E-state index contributed by atoms with van der Waals surface area (Å²) >= 11 is 0. The monoisotopic (exact) mass is 315 g/mol. The van der Waals surface area contributed by atoms with E-state index in [1.165, 1.54) is 18.3 Å². The van der Waals surface area contributed by atoms with E-state index < -0.39 is 10.0 Å². The predicted molar refractivity (Wildman–Crippen MR) is 82.1 cm³/mol. The van der Waals surface area contributed by atoms with Gasteiger partial charge >= 0.3 is 0 Å². The summed E-state index contributed by atoms with van der Waals surface area (Å²) < 4.78 is 25.8. The normalized spacial score (nSPS) is 11.3.